The smallest absolute Gasteiger partial charge is 0.372 e. The molecule has 0 aliphatic rings. The van der Waals surface area contributed by atoms with Gasteiger partial charge in [0.15, 0.2) is 6.21 Å². The van der Waals surface area contributed by atoms with Crippen molar-refractivity contribution in [3.63, 3.8) is 0 Å². The van der Waals surface area contributed by atoms with E-state index < -0.39 is 52.4 Å². The second kappa shape index (κ2) is 8.05. The molecule has 5 nitrogen and oxygen atoms in total. The van der Waals surface area contributed by atoms with Gasteiger partial charge in [0.05, 0.1) is 11.4 Å². The molecule has 158 valence electrons. The van der Waals surface area contributed by atoms with E-state index >= 15 is 0 Å². The Morgan fingerprint density at radius 2 is 1.86 bits per heavy atom. The molecule has 1 heterocycles. The number of halogens is 7. The van der Waals surface area contributed by atoms with Crippen LogP contribution in [0.15, 0.2) is 21.8 Å². The van der Waals surface area contributed by atoms with Crippen molar-refractivity contribution in [2.24, 2.45) is 0 Å². The monoisotopic (exact) mass is 443 g/mol. The van der Waals surface area contributed by atoms with Crippen LogP contribution >= 0.6 is 11.8 Å². The standard InChI is InChI=1S/C16H13F7N4OS/c1-7-3-9(17)10(4-11(7)29-6-15(18,19)20)27-13(28)8(5-24)12(25-2)26-14(27)16(21,22)23/h3-5,24-25H,6H2,1-2H3/p+1. The Labute approximate surface area is 163 Å². The third-order valence-electron chi connectivity index (χ3n) is 3.65. The van der Waals surface area contributed by atoms with E-state index in [1.165, 1.54) is 14.0 Å². The molecule has 29 heavy (non-hydrogen) atoms. The minimum Gasteiger partial charge on any atom is -0.372 e. The van der Waals surface area contributed by atoms with Crippen molar-refractivity contribution in [2.45, 2.75) is 24.2 Å². The average Bonchev–Trinajstić information content (AvgIpc) is 2.59. The molecule has 0 radical (unpaired) electrons. The zero-order chi connectivity index (χ0) is 22.1. The summed E-state index contributed by atoms with van der Waals surface area (Å²) < 4.78 is 92.5. The highest BCUT2D eigenvalue weighted by molar-refractivity contribution is 7.99. The first-order valence-electron chi connectivity index (χ1n) is 7.77. The second-order valence-electron chi connectivity index (χ2n) is 5.73. The molecule has 2 rings (SSSR count). The Morgan fingerprint density at radius 3 is 2.34 bits per heavy atom. The molecule has 0 spiro atoms. The van der Waals surface area contributed by atoms with E-state index in [4.69, 9.17) is 5.41 Å². The Balaban J connectivity index is 2.82. The van der Waals surface area contributed by atoms with Crippen molar-refractivity contribution in [3.05, 3.63) is 45.3 Å². The van der Waals surface area contributed by atoms with Crippen molar-refractivity contribution in [3.8, 4) is 5.69 Å². The highest BCUT2D eigenvalue weighted by Crippen LogP contribution is 2.34. The maximum absolute atomic E-state index is 14.5. The molecule has 3 N–H and O–H groups in total. The lowest BCUT2D eigenvalue weighted by atomic mass is 10.2. The van der Waals surface area contributed by atoms with Gasteiger partial charge in [0.25, 0.3) is 5.56 Å². The molecule has 0 saturated carbocycles. The second-order valence-corrected chi connectivity index (χ2v) is 6.74. The third kappa shape index (κ3) is 4.89. The number of alkyl halides is 6. The zero-order valence-corrected chi connectivity index (χ0v) is 15.7. The molecule has 0 unspecified atom stereocenters. The van der Waals surface area contributed by atoms with E-state index in [1.54, 1.807) is 0 Å². The summed E-state index contributed by atoms with van der Waals surface area (Å²) in [5.74, 6) is -4.83. The fourth-order valence-corrected chi connectivity index (χ4v) is 3.22. The Bertz CT molecular complexity index is 999. The first-order chi connectivity index (χ1) is 13.3. The molecule has 2 aromatic rings. The number of thioether (sulfide) groups is 1. The van der Waals surface area contributed by atoms with Gasteiger partial charge in [-0.05, 0) is 24.6 Å². The minimum atomic E-state index is -5.17. The van der Waals surface area contributed by atoms with E-state index in [0.29, 0.717) is 6.21 Å². The number of aryl methyl sites for hydroxylation is 1. The van der Waals surface area contributed by atoms with Gasteiger partial charge in [-0.2, -0.15) is 26.3 Å². The number of nitrogens with two attached hydrogens (primary N) is 1. The normalized spacial score (nSPS) is 12.2. The molecular formula is C16H14F7N4OS+. The van der Waals surface area contributed by atoms with Crippen LogP contribution in [0, 0.1) is 12.7 Å². The first kappa shape index (κ1) is 22.7. The molecule has 1 aromatic carbocycles. The molecule has 0 amide bonds. The summed E-state index contributed by atoms with van der Waals surface area (Å²) in [5.41, 5.74) is -2.64. The van der Waals surface area contributed by atoms with Crippen LogP contribution in [0.4, 0.5) is 36.6 Å². The third-order valence-corrected chi connectivity index (χ3v) is 4.87. The maximum atomic E-state index is 14.5. The molecule has 0 saturated heterocycles. The van der Waals surface area contributed by atoms with E-state index in [-0.39, 0.29) is 26.8 Å². The van der Waals surface area contributed by atoms with Gasteiger partial charge in [-0.15, -0.1) is 11.8 Å². The van der Waals surface area contributed by atoms with E-state index in [2.05, 4.69) is 10.3 Å². The van der Waals surface area contributed by atoms with Crippen LogP contribution in [0.25, 0.3) is 5.69 Å². The fourth-order valence-electron chi connectivity index (χ4n) is 2.42. The topological polar surface area (TPSA) is 72.5 Å². The van der Waals surface area contributed by atoms with Crippen molar-refractivity contribution in [1.82, 2.24) is 9.55 Å². The number of hydrogen-bond donors (Lipinski definition) is 2. The molecule has 13 heteroatoms. The fraction of sp³-hybridized carbons (Fsp3) is 0.312. The lowest BCUT2D eigenvalue weighted by Gasteiger charge is -2.18. The predicted octanol–water partition coefficient (Wildman–Crippen LogP) is 2.57. The number of anilines is 1. The summed E-state index contributed by atoms with van der Waals surface area (Å²) in [6.07, 6.45) is -9.03. The molecule has 0 aliphatic heterocycles. The lowest BCUT2D eigenvalue weighted by molar-refractivity contribution is -0.146. The quantitative estimate of drug-likeness (QED) is 0.424. The van der Waals surface area contributed by atoms with Gasteiger partial charge in [-0.25, -0.2) is 9.37 Å². The first-order valence-corrected chi connectivity index (χ1v) is 8.75. The zero-order valence-electron chi connectivity index (χ0n) is 14.9. The molecule has 0 fully saturated rings. The Hall–Kier alpha value is -2.57. The van der Waals surface area contributed by atoms with Crippen LogP contribution in [0.5, 0.6) is 0 Å². The van der Waals surface area contributed by atoms with Gasteiger partial charge < -0.3 is 5.32 Å². The predicted molar refractivity (Wildman–Crippen MR) is 92.9 cm³/mol. The van der Waals surface area contributed by atoms with Crippen LogP contribution in [0.1, 0.15) is 17.0 Å². The highest BCUT2D eigenvalue weighted by atomic mass is 32.2. The number of nitrogens with one attached hydrogen (secondary N) is 1. The SMILES string of the molecule is CNc1nc(C(F)(F)F)n(-c2cc(SCC(F)(F)F)c(C)cc2F)c(=O)c1C=[NH2+]. The van der Waals surface area contributed by atoms with Crippen LogP contribution in [-0.2, 0) is 6.18 Å². The summed E-state index contributed by atoms with van der Waals surface area (Å²) in [7, 11) is 1.21. The summed E-state index contributed by atoms with van der Waals surface area (Å²) in [6.45, 7) is 1.29. The van der Waals surface area contributed by atoms with Crippen LogP contribution in [0.2, 0.25) is 0 Å². The van der Waals surface area contributed by atoms with Crippen LogP contribution < -0.4 is 16.3 Å². The summed E-state index contributed by atoms with van der Waals surface area (Å²) >= 11 is 0.255. The average molecular weight is 443 g/mol. The number of aromatic nitrogens is 2. The minimum absolute atomic E-state index is 0.0496. The van der Waals surface area contributed by atoms with Gasteiger partial charge in [-0.3, -0.25) is 14.8 Å². The number of nitrogens with zero attached hydrogens (tertiary/aromatic N) is 2. The van der Waals surface area contributed by atoms with E-state index in [0.717, 1.165) is 12.1 Å². The van der Waals surface area contributed by atoms with Crippen LogP contribution in [0.3, 0.4) is 0 Å². The molecule has 0 atom stereocenters. The molecule has 0 bridgehead atoms. The summed E-state index contributed by atoms with van der Waals surface area (Å²) in [6, 6.07) is 1.50. The van der Waals surface area contributed by atoms with Crippen LogP contribution in [-0.4, -0.2) is 34.7 Å². The van der Waals surface area contributed by atoms with E-state index in [9.17, 15) is 35.5 Å². The van der Waals surface area contributed by atoms with Crippen molar-refractivity contribution in [2.75, 3.05) is 18.1 Å². The number of hydrogen-bond acceptors (Lipinski definition) is 4. The van der Waals surface area contributed by atoms with E-state index in [1.807, 2.05) is 0 Å². The van der Waals surface area contributed by atoms with Gasteiger partial charge >= 0.3 is 12.4 Å². The Kier molecular flexibility index (Phi) is 6.30. The summed E-state index contributed by atoms with van der Waals surface area (Å²) in [5, 5.41) is 7.59. The van der Waals surface area contributed by atoms with Crippen molar-refractivity contribution >= 4 is 23.8 Å². The molecule has 0 aliphatic carbocycles. The van der Waals surface area contributed by atoms with Crippen molar-refractivity contribution in [1.29, 1.82) is 0 Å². The number of benzene rings is 1. The van der Waals surface area contributed by atoms with Gasteiger partial charge in [0.1, 0.15) is 17.2 Å². The largest absolute Gasteiger partial charge is 0.450 e. The summed E-state index contributed by atoms with van der Waals surface area (Å²) in [4.78, 5) is 15.8. The number of rotatable bonds is 5. The van der Waals surface area contributed by atoms with Gasteiger partial charge in [0, 0.05) is 11.9 Å². The Morgan fingerprint density at radius 1 is 1.24 bits per heavy atom. The molecular weight excluding hydrogens is 429 g/mol. The highest BCUT2D eigenvalue weighted by Gasteiger charge is 2.39. The maximum Gasteiger partial charge on any atom is 0.450 e. The van der Waals surface area contributed by atoms with Crippen molar-refractivity contribution < 1.29 is 36.1 Å². The van der Waals surface area contributed by atoms with Gasteiger partial charge in [0.2, 0.25) is 5.82 Å². The lowest BCUT2D eigenvalue weighted by Crippen LogP contribution is -2.38. The van der Waals surface area contributed by atoms with Gasteiger partial charge in [-0.1, -0.05) is 0 Å². The molecule has 1 aromatic heterocycles.